The molecule has 0 aliphatic carbocycles. The summed E-state index contributed by atoms with van der Waals surface area (Å²) in [6.45, 7) is 3.41. The number of carbonyl (C=O) groups excluding carboxylic acids is 1. The quantitative estimate of drug-likeness (QED) is 0.870. The molecule has 2 saturated heterocycles. The van der Waals surface area contributed by atoms with Crippen molar-refractivity contribution in [2.24, 2.45) is 5.92 Å². The molecule has 4 rings (SSSR count). The maximum Gasteiger partial charge on any atom is 0.243 e. The Kier molecular flexibility index (Phi) is 5.16. The van der Waals surface area contributed by atoms with Gasteiger partial charge in [-0.05, 0) is 48.8 Å². The summed E-state index contributed by atoms with van der Waals surface area (Å²) in [6.07, 6.45) is 1.74. The highest BCUT2D eigenvalue weighted by molar-refractivity contribution is 7.89. The molecule has 0 unspecified atom stereocenters. The smallest absolute Gasteiger partial charge is 0.243 e. The van der Waals surface area contributed by atoms with Gasteiger partial charge in [-0.3, -0.25) is 4.79 Å². The number of rotatable bonds is 3. The zero-order valence-corrected chi connectivity index (χ0v) is 16.1. The van der Waals surface area contributed by atoms with E-state index in [0.717, 1.165) is 36.7 Å². The third-order valence-electron chi connectivity index (χ3n) is 5.60. The normalized spacial score (nSPS) is 20.1. The van der Waals surface area contributed by atoms with E-state index in [9.17, 15) is 13.2 Å². The van der Waals surface area contributed by atoms with Gasteiger partial charge in [-0.1, -0.05) is 30.3 Å². The van der Waals surface area contributed by atoms with Crippen LogP contribution in [0.3, 0.4) is 0 Å². The SMILES string of the molecule is O=C(C1CCNCC1)N1CCN(S(=O)(=O)c2ccc3ccccc3c2)CC1. The number of sulfonamides is 1. The molecule has 144 valence electrons. The van der Waals surface area contributed by atoms with Crippen LogP contribution in [0.4, 0.5) is 0 Å². The summed E-state index contributed by atoms with van der Waals surface area (Å²) in [4.78, 5) is 14.8. The van der Waals surface area contributed by atoms with Crippen molar-refractivity contribution in [3.8, 4) is 0 Å². The minimum absolute atomic E-state index is 0.0786. The van der Waals surface area contributed by atoms with Crippen LogP contribution < -0.4 is 5.32 Å². The zero-order valence-electron chi connectivity index (χ0n) is 15.3. The Morgan fingerprint density at radius 3 is 2.30 bits per heavy atom. The van der Waals surface area contributed by atoms with Gasteiger partial charge in [0.2, 0.25) is 15.9 Å². The molecule has 1 amide bonds. The van der Waals surface area contributed by atoms with Crippen LogP contribution in [0.1, 0.15) is 12.8 Å². The summed E-state index contributed by atoms with van der Waals surface area (Å²) in [5.74, 6) is 0.258. The predicted molar refractivity (Wildman–Crippen MR) is 105 cm³/mol. The van der Waals surface area contributed by atoms with Crippen LogP contribution in [0.5, 0.6) is 0 Å². The number of piperidine rings is 1. The molecule has 2 aliphatic heterocycles. The van der Waals surface area contributed by atoms with Gasteiger partial charge in [0.05, 0.1) is 4.90 Å². The maximum atomic E-state index is 13.0. The lowest BCUT2D eigenvalue weighted by atomic mass is 9.96. The third kappa shape index (κ3) is 3.72. The molecule has 2 heterocycles. The number of hydrogen-bond acceptors (Lipinski definition) is 4. The predicted octanol–water partition coefficient (Wildman–Crippen LogP) is 1.67. The van der Waals surface area contributed by atoms with Crippen LogP contribution >= 0.6 is 0 Å². The van der Waals surface area contributed by atoms with E-state index in [0.29, 0.717) is 31.1 Å². The molecule has 0 spiro atoms. The Labute approximate surface area is 160 Å². The first-order valence-electron chi connectivity index (χ1n) is 9.54. The van der Waals surface area contributed by atoms with Gasteiger partial charge >= 0.3 is 0 Å². The van der Waals surface area contributed by atoms with Gasteiger partial charge in [-0.25, -0.2) is 8.42 Å². The minimum Gasteiger partial charge on any atom is -0.340 e. The number of amides is 1. The second-order valence-electron chi connectivity index (χ2n) is 7.26. The summed E-state index contributed by atoms with van der Waals surface area (Å²) in [6, 6.07) is 13.0. The Bertz CT molecular complexity index is 930. The highest BCUT2D eigenvalue weighted by atomic mass is 32.2. The van der Waals surface area contributed by atoms with Crippen molar-refractivity contribution in [3.05, 3.63) is 42.5 Å². The fraction of sp³-hybridized carbons (Fsp3) is 0.450. The van der Waals surface area contributed by atoms with Gasteiger partial charge in [0.1, 0.15) is 0 Å². The van der Waals surface area contributed by atoms with E-state index in [4.69, 9.17) is 0 Å². The van der Waals surface area contributed by atoms with Crippen molar-refractivity contribution < 1.29 is 13.2 Å². The van der Waals surface area contributed by atoms with Gasteiger partial charge in [-0.15, -0.1) is 0 Å². The lowest BCUT2D eigenvalue weighted by molar-refractivity contribution is -0.137. The van der Waals surface area contributed by atoms with Crippen LogP contribution in [0.15, 0.2) is 47.4 Å². The molecule has 1 N–H and O–H groups in total. The largest absolute Gasteiger partial charge is 0.340 e. The highest BCUT2D eigenvalue weighted by Gasteiger charge is 2.32. The second kappa shape index (κ2) is 7.58. The Balaban J connectivity index is 1.45. The minimum atomic E-state index is -3.54. The first-order chi connectivity index (χ1) is 13.1. The molecule has 0 bridgehead atoms. The summed E-state index contributed by atoms with van der Waals surface area (Å²) in [5, 5.41) is 5.21. The lowest BCUT2D eigenvalue weighted by Gasteiger charge is -2.36. The molecule has 27 heavy (non-hydrogen) atoms. The summed E-state index contributed by atoms with van der Waals surface area (Å²) in [5.41, 5.74) is 0. The fourth-order valence-electron chi connectivity index (χ4n) is 3.95. The Hall–Kier alpha value is -1.96. The molecule has 0 saturated carbocycles. The van der Waals surface area contributed by atoms with E-state index in [1.54, 1.807) is 12.1 Å². The first-order valence-corrected chi connectivity index (χ1v) is 11.0. The number of carbonyl (C=O) groups is 1. The Morgan fingerprint density at radius 2 is 1.59 bits per heavy atom. The van der Waals surface area contributed by atoms with Gasteiger partial charge in [-0.2, -0.15) is 4.31 Å². The van der Waals surface area contributed by atoms with Gasteiger partial charge in [0.15, 0.2) is 0 Å². The Morgan fingerprint density at radius 1 is 0.926 bits per heavy atom. The average molecular weight is 388 g/mol. The molecule has 0 radical (unpaired) electrons. The van der Waals surface area contributed by atoms with Crippen LogP contribution in [-0.2, 0) is 14.8 Å². The van der Waals surface area contributed by atoms with E-state index in [1.807, 2.05) is 35.2 Å². The van der Waals surface area contributed by atoms with Crippen molar-refractivity contribution in [1.82, 2.24) is 14.5 Å². The third-order valence-corrected chi connectivity index (χ3v) is 7.49. The van der Waals surface area contributed by atoms with E-state index >= 15 is 0 Å². The molecule has 2 aromatic carbocycles. The number of piperazine rings is 1. The first kappa shape index (κ1) is 18.4. The second-order valence-corrected chi connectivity index (χ2v) is 9.20. The van der Waals surface area contributed by atoms with Gasteiger partial charge in [0.25, 0.3) is 0 Å². The average Bonchev–Trinajstić information content (AvgIpc) is 2.73. The highest BCUT2D eigenvalue weighted by Crippen LogP contribution is 2.24. The van der Waals surface area contributed by atoms with Crippen molar-refractivity contribution in [2.45, 2.75) is 17.7 Å². The molecule has 0 atom stereocenters. The molecule has 2 aliphatic rings. The van der Waals surface area contributed by atoms with E-state index in [2.05, 4.69) is 5.32 Å². The number of benzene rings is 2. The molecule has 7 heteroatoms. The fourth-order valence-corrected chi connectivity index (χ4v) is 5.41. The van der Waals surface area contributed by atoms with Crippen LogP contribution in [0.25, 0.3) is 10.8 Å². The molecule has 2 aromatic rings. The molecule has 0 aromatic heterocycles. The van der Waals surface area contributed by atoms with E-state index < -0.39 is 10.0 Å². The van der Waals surface area contributed by atoms with Crippen LogP contribution in [0, 0.1) is 5.92 Å². The molecular weight excluding hydrogens is 362 g/mol. The molecule has 2 fully saturated rings. The van der Waals surface area contributed by atoms with Crippen LogP contribution in [0.2, 0.25) is 0 Å². The summed E-state index contributed by atoms with van der Waals surface area (Å²) >= 11 is 0. The topological polar surface area (TPSA) is 69.7 Å². The van der Waals surface area contributed by atoms with E-state index in [-0.39, 0.29) is 11.8 Å². The summed E-state index contributed by atoms with van der Waals surface area (Å²) in [7, 11) is -3.54. The molecule has 6 nitrogen and oxygen atoms in total. The maximum absolute atomic E-state index is 13.0. The number of fused-ring (bicyclic) bond motifs is 1. The van der Waals surface area contributed by atoms with Crippen LogP contribution in [-0.4, -0.2) is 62.8 Å². The molecular formula is C20H25N3O3S. The van der Waals surface area contributed by atoms with Crippen molar-refractivity contribution in [3.63, 3.8) is 0 Å². The number of nitrogens with zero attached hydrogens (tertiary/aromatic N) is 2. The number of nitrogens with one attached hydrogen (secondary N) is 1. The van der Waals surface area contributed by atoms with Crippen molar-refractivity contribution in [1.29, 1.82) is 0 Å². The zero-order chi connectivity index (χ0) is 18.9. The van der Waals surface area contributed by atoms with E-state index in [1.165, 1.54) is 4.31 Å². The monoisotopic (exact) mass is 387 g/mol. The van der Waals surface area contributed by atoms with Gasteiger partial charge in [0, 0.05) is 32.1 Å². The van der Waals surface area contributed by atoms with Crippen molar-refractivity contribution >= 4 is 26.7 Å². The van der Waals surface area contributed by atoms with Gasteiger partial charge < -0.3 is 10.2 Å². The number of hydrogen-bond donors (Lipinski definition) is 1. The standard InChI is InChI=1S/C20H25N3O3S/c24-20(17-7-9-21-10-8-17)22-11-13-23(14-12-22)27(25,26)19-6-5-16-3-1-2-4-18(16)15-19/h1-6,15,17,21H,7-14H2. The lowest BCUT2D eigenvalue weighted by Crippen LogP contribution is -2.52. The summed E-state index contributed by atoms with van der Waals surface area (Å²) < 4.78 is 27.5. The van der Waals surface area contributed by atoms with Crippen molar-refractivity contribution in [2.75, 3.05) is 39.3 Å².